The van der Waals surface area contributed by atoms with E-state index in [0.717, 1.165) is 0 Å². The summed E-state index contributed by atoms with van der Waals surface area (Å²) >= 11 is 0. The highest BCUT2D eigenvalue weighted by Crippen LogP contribution is 2.26. The maximum atomic E-state index is 12.6. The van der Waals surface area contributed by atoms with Crippen LogP contribution in [-0.2, 0) is 9.53 Å². The largest absolute Gasteiger partial charge is 0.480 e. The molecule has 0 aromatic rings. The zero-order valence-electron chi connectivity index (χ0n) is 6.58. The molecule has 1 fully saturated rings. The van der Waals surface area contributed by atoms with Crippen LogP contribution in [0.1, 0.15) is 6.92 Å². The standard InChI is InChI=1S/C6H7F2NO4/c1-6(7,8)3-2(4(10)11)9-5(12)13-3/h2-3H,1H3,(H,9,12)(H,10,11)/t2-,3+/m1/s1. The molecular formula is C6H7F2NO4. The van der Waals surface area contributed by atoms with Gasteiger partial charge >= 0.3 is 12.1 Å². The second-order valence-electron chi connectivity index (χ2n) is 2.74. The number of ether oxygens (including phenoxy) is 1. The molecule has 0 aromatic heterocycles. The van der Waals surface area contributed by atoms with E-state index in [9.17, 15) is 18.4 Å². The van der Waals surface area contributed by atoms with E-state index in [2.05, 4.69) is 4.74 Å². The molecule has 0 spiro atoms. The van der Waals surface area contributed by atoms with Gasteiger partial charge in [-0.2, -0.15) is 0 Å². The van der Waals surface area contributed by atoms with Crippen molar-refractivity contribution in [3.63, 3.8) is 0 Å². The number of carboxylic acid groups (broad SMARTS) is 1. The maximum Gasteiger partial charge on any atom is 0.408 e. The van der Waals surface area contributed by atoms with Crippen molar-refractivity contribution < 1.29 is 28.2 Å². The van der Waals surface area contributed by atoms with Gasteiger partial charge in [0.15, 0.2) is 12.1 Å². The Bertz CT molecular complexity index is 250. The Balaban J connectivity index is 2.84. The van der Waals surface area contributed by atoms with E-state index < -0.39 is 30.1 Å². The number of cyclic esters (lactones) is 1. The molecule has 7 heteroatoms. The number of aliphatic carboxylic acids is 1. The van der Waals surface area contributed by atoms with Crippen LogP contribution in [0.2, 0.25) is 0 Å². The highest BCUT2D eigenvalue weighted by Gasteiger charge is 2.51. The molecule has 1 saturated heterocycles. The fourth-order valence-corrected chi connectivity index (χ4v) is 1.01. The van der Waals surface area contributed by atoms with Crippen LogP contribution in [0.5, 0.6) is 0 Å². The summed E-state index contributed by atoms with van der Waals surface area (Å²) < 4.78 is 29.4. The lowest BCUT2D eigenvalue weighted by molar-refractivity contribution is -0.148. The van der Waals surface area contributed by atoms with E-state index >= 15 is 0 Å². The van der Waals surface area contributed by atoms with Gasteiger partial charge in [-0.05, 0) is 0 Å². The second-order valence-corrected chi connectivity index (χ2v) is 2.74. The lowest BCUT2D eigenvalue weighted by Gasteiger charge is -2.19. The summed E-state index contributed by atoms with van der Waals surface area (Å²) in [5.74, 6) is -4.92. The fourth-order valence-electron chi connectivity index (χ4n) is 1.01. The number of nitrogens with one attached hydrogen (secondary N) is 1. The van der Waals surface area contributed by atoms with Gasteiger partial charge in [0.25, 0.3) is 5.92 Å². The molecule has 0 radical (unpaired) electrons. The zero-order chi connectivity index (χ0) is 10.2. The van der Waals surface area contributed by atoms with Crippen LogP contribution in [0.25, 0.3) is 0 Å². The van der Waals surface area contributed by atoms with Crippen molar-refractivity contribution in [1.82, 2.24) is 5.32 Å². The molecule has 1 aliphatic rings. The van der Waals surface area contributed by atoms with Crippen LogP contribution in [0.4, 0.5) is 13.6 Å². The first-order valence-corrected chi connectivity index (χ1v) is 3.40. The lowest BCUT2D eigenvalue weighted by Crippen LogP contribution is -2.46. The van der Waals surface area contributed by atoms with Gasteiger partial charge in [0, 0.05) is 6.92 Å². The molecule has 1 amide bonds. The Morgan fingerprint density at radius 3 is 2.54 bits per heavy atom. The van der Waals surface area contributed by atoms with Crippen LogP contribution in [0.3, 0.4) is 0 Å². The van der Waals surface area contributed by atoms with Crippen molar-refractivity contribution in [3.8, 4) is 0 Å². The minimum Gasteiger partial charge on any atom is -0.480 e. The van der Waals surface area contributed by atoms with Crippen molar-refractivity contribution in [1.29, 1.82) is 0 Å². The van der Waals surface area contributed by atoms with Crippen molar-refractivity contribution in [2.45, 2.75) is 25.0 Å². The third-order valence-corrected chi connectivity index (χ3v) is 1.58. The third kappa shape index (κ3) is 1.85. The third-order valence-electron chi connectivity index (χ3n) is 1.58. The van der Waals surface area contributed by atoms with Gasteiger partial charge in [0.2, 0.25) is 0 Å². The molecule has 0 unspecified atom stereocenters. The predicted molar refractivity (Wildman–Crippen MR) is 35.4 cm³/mol. The van der Waals surface area contributed by atoms with Crippen LogP contribution >= 0.6 is 0 Å². The first-order valence-electron chi connectivity index (χ1n) is 3.40. The first-order chi connectivity index (χ1) is 5.82. The summed E-state index contributed by atoms with van der Waals surface area (Å²) in [4.78, 5) is 20.9. The molecule has 5 nitrogen and oxygen atoms in total. The normalized spacial score (nSPS) is 28.1. The molecule has 2 N–H and O–H groups in total. The quantitative estimate of drug-likeness (QED) is 0.660. The van der Waals surface area contributed by atoms with E-state index in [1.165, 1.54) is 0 Å². The summed E-state index contributed by atoms with van der Waals surface area (Å²) in [5.41, 5.74) is 0. The summed E-state index contributed by atoms with van der Waals surface area (Å²) in [6.07, 6.45) is -3.09. The number of alkyl halides is 2. The van der Waals surface area contributed by atoms with E-state index in [0.29, 0.717) is 6.92 Å². The average Bonchev–Trinajstić information content (AvgIpc) is 2.29. The molecule has 0 saturated carbocycles. The van der Waals surface area contributed by atoms with Crippen LogP contribution in [0, 0.1) is 0 Å². The molecule has 1 rings (SSSR count). The number of carboxylic acids is 1. The van der Waals surface area contributed by atoms with Gasteiger partial charge in [0.1, 0.15) is 0 Å². The monoisotopic (exact) mass is 195 g/mol. The highest BCUT2D eigenvalue weighted by atomic mass is 19.3. The lowest BCUT2D eigenvalue weighted by atomic mass is 10.1. The van der Waals surface area contributed by atoms with Gasteiger partial charge in [-0.3, -0.25) is 0 Å². The van der Waals surface area contributed by atoms with Crippen LogP contribution in [0.15, 0.2) is 0 Å². The summed E-state index contributed by atoms with van der Waals surface area (Å²) in [6, 6.07) is -1.69. The Morgan fingerprint density at radius 1 is 1.69 bits per heavy atom. The Morgan fingerprint density at radius 2 is 2.23 bits per heavy atom. The van der Waals surface area contributed by atoms with E-state index in [1.807, 2.05) is 0 Å². The zero-order valence-corrected chi connectivity index (χ0v) is 6.58. The van der Waals surface area contributed by atoms with Gasteiger partial charge < -0.3 is 15.2 Å². The predicted octanol–water partition coefficient (Wildman–Crippen LogP) is 0.203. The Hall–Kier alpha value is -1.40. The van der Waals surface area contributed by atoms with Crippen molar-refractivity contribution >= 4 is 12.1 Å². The number of carbonyl (C=O) groups is 2. The molecule has 1 aliphatic heterocycles. The van der Waals surface area contributed by atoms with Gasteiger partial charge in [-0.25, -0.2) is 18.4 Å². The maximum absolute atomic E-state index is 12.6. The summed E-state index contributed by atoms with van der Waals surface area (Å²) in [5, 5.41) is 10.2. The highest BCUT2D eigenvalue weighted by molar-refractivity contribution is 5.83. The van der Waals surface area contributed by atoms with E-state index in [1.54, 1.807) is 5.32 Å². The van der Waals surface area contributed by atoms with Crippen molar-refractivity contribution in [2.24, 2.45) is 0 Å². The van der Waals surface area contributed by atoms with Gasteiger partial charge in [-0.1, -0.05) is 0 Å². The first kappa shape index (κ1) is 9.69. The fraction of sp³-hybridized carbons (Fsp3) is 0.667. The number of amides is 1. The number of alkyl carbamates (subject to hydrolysis) is 1. The molecule has 0 aromatic carbocycles. The van der Waals surface area contributed by atoms with Crippen molar-refractivity contribution in [2.75, 3.05) is 0 Å². The smallest absolute Gasteiger partial charge is 0.408 e. The molecule has 13 heavy (non-hydrogen) atoms. The number of carbonyl (C=O) groups excluding carboxylic acids is 1. The molecular weight excluding hydrogens is 188 g/mol. The SMILES string of the molecule is CC(F)(F)[C@H]1OC(=O)N[C@H]1C(=O)O. The number of hydrogen-bond acceptors (Lipinski definition) is 3. The summed E-state index contributed by atoms with van der Waals surface area (Å²) in [6.45, 7) is 0.494. The van der Waals surface area contributed by atoms with Gasteiger partial charge in [0.05, 0.1) is 0 Å². The number of hydrogen-bond donors (Lipinski definition) is 2. The molecule has 0 aliphatic carbocycles. The van der Waals surface area contributed by atoms with Crippen LogP contribution < -0.4 is 5.32 Å². The van der Waals surface area contributed by atoms with Crippen LogP contribution in [-0.4, -0.2) is 35.2 Å². The Labute approximate surface area is 71.7 Å². The minimum atomic E-state index is -3.37. The van der Waals surface area contributed by atoms with Crippen molar-refractivity contribution in [3.05, 3.63) is 0 Å². The average molecular weight is 195 g/mol. The van der Waals surface area contributed by atoms with Gasteiger partial charge in [-0.15, -0.1) is 0 Å². The minimum absolute atomic E-state index is 0.494. The topological polar surface area (TPSA) is 75.6 Å². The molecule has 0 bridgehead atoms. The summed E-state index contributed by atoms with van der Waals surface area (Å²) in [7, 11) is 0. The number of rotatable bonds is 2. The second kappa shape index (κ2) is 2.82. The Kier molecular flexibility index (Phi) is 2.10. The van der Waals surface area contributed by atoms with E-state index in [4.69, 9.17) is 5.11 Å². The number of halogens is 2. The molecule has 2 atom stereocenters. The van der Waals surface area contributed by atoms with E-state index in [-0.39, 0.29) is 0 Å². The molecule has 1 heterocycles. The molecule has 74 valence electrons.